The number of carbonyl (C=O) groups is 2. The summed E-state index contributed by atoms with van der Waals surface area (Å²) >= 11 is 1.48. The highest BCUT2D eigenvalue weighted by molar-refractivity contribution is 8.01. The van der Waals surface area contributed by atoms with E-state index in [0.29, 0.717) is 11.8 Å². The van der Waals surface area contributed by atoms with Gasteiger partial charge in [-0.2, -0.15) is 10.5 Å². The Morgan fingerprint density at radius 1 is 0.923 bits per heavy atom. The highest BCUT2D eigenvalue weighted by Crippen LogP contribution is 2.75. The summed E-state index contributed by atoms with van der Waals surface area (Å²) in [6, 6.07) is 4.24. The lowest BCUT2D eigenvalue weighted by Gasteiger charge is -2.63. The topological polar surface area (TPSA) is 100 Å². The lowest BCUT2D eigenvalue weighted by atomic mass is 9.42. The molecule has 5 rings (SSSR count). The molecule has 0 aromatic rings. The fourth-order valence-electron chi connectivity index (χ4n) is 6.77. The molecule has 1 spiro atoms. The second-order valence-corrected chi connectivity index (χ2v) is 9.50. The van der Waals surface area contributed by atoms with Crippen LogP contribution in [0.5, 0.6) is 0 Å². The van der Waals surface area contributed by atoms with Crippen LogP contribution in [0.15, 0.2) is 0 Å². The number of nitriles is 2. The van der Waals surface area contributed by atoms with Crippen molar-refractivity contribution in [2.24, 2.45) is 34.5 Å². The van der Waals surface area contributed by atoms with Gasteiger partial charge in [0.25, 0.3) is 0 Å². The second kappa shape index (κ2) is 5.63. The first-order valence-corrected chi connectivity index (χ1v) is 10.1. The van der Waals surface area contributed by atoms with E-state index >= 15 is 0 Å². The molecule has 1 aliphatic heterocycles. The highest BCUT2D eigenvalue weighted by Gasteiger charge is 2.83. The molecule has 2 atom stereocenters. The number of ether oxygens (including phenoxy) is 2. The summed E-state index contributed by atoms with van der Waals surface area (Å²) in [4.78, 5) is 25.9. The van der Waals surface area contributed by atoms with Gasteiger partial charge in [0.1, 0.15) is 0 Å². The fraction of sp³-hybridized carbons (Fsp3) is 0.789. The molecule has 0 radical (unpaired) electrons. The van der Waals surface area contributed by atoms with Crippen molar-refractivity contribution in [2.45, 2.75) is 36.9 Å². The first-order valence-electron chi connectivity index (χ1n) is 9.09. The first kappa shape index (κ1) is 17.7. The van der Waals surface area contributed by atoms with E-state index < -0.39 is 27.5 Å². The summed E-state index contributed by atoms with van der Waals surface area (Å²) in [5.74, 6) is 0.113. The van der Waals surface area contributed by atoms with Gasteiger partial charge in [-0.3, -0.25) is 9.59 Å². The molecule has 1 heterocycles. The van der Waals surface area contributed by atoms with E-state index in [4.69, 9.17) is 9.47 Å². The van der Waals surface area contributed by atoms with Crippen LogP contribution in [0.2, 0.25) is 0 Å². The number of methoxy groups -OCH3 is 2. The van der Waals surface area contributed by atoms with Gasteiger partial charge < -0.3 is 9.47 Å². The van der Waals surface area contributed by atoms with Crippen molar-refractivity contribution in [3.05, 3.63) is 0 Å². The quantitative estimate of drug-likeness (QED) is 0.684. The molecule has 5 aliphatic rings. The van der Waals surface area contributed by atoms with Gasteiger partial charge in [-0.25, -0.2) is 0 Å². The fourth-order valence-corrected chi connectivity index (χ4v) is 9.00. The molecule has 4 bridgehead atoms. The number of carbonyl (C=O) groups excluding carboxylic acids is 2. The van der Waals surface area contributed by atoms with Crippen LogP contribution in [-0.4, -0.2) is 36.7 Å². The monoisotopic (exact) mass is 374 g/mol. The molecule has 0 aromatic heterocycles. The largest absolute Gasteiger partial charge is 0.468 e. The van der Waals surface area contributed by atoms with Gasteiger partial charge >= 0.3 is 11.9 Å². The molecule has 4 saturated carbocycles. The third-order valence-corrected chi connectivity index (χ3v) is 9.52. The van der Waals surface area contributed by atoms with Gasteiger partial charge in [0.05, 0.1) is 31.1 Å². The number of esters is 2. The van der Waals surface area contributed by atoms with E-state index in [1.807, 2.05) is 6.07 Å². The van der Waals surface area contributed by atoms with Crippen molar-refractivity contribution in [3.63, 3.8) is 0 Å². The number of hydrogen-bond acceptors (Lipinski definition) is 7. The van der Waals surface area contributed by atoms with Crippen molar-refractivity contribution in [2.75, 3.05) is 20.0 Å². The van der Waals surface area contributed by atoms with Gasteiger partial charge in [-0.1, -0.05) is 0 Å². The van der Waals surface area contributed by atoms with E-state index in [-0.39, 0.29) is 17.6 Å². The van der Waals surface area contributed by atoms with Gasteiger partial charge in [-0.05, 0) is 55.8 Å². The van der Waals surface area contributed by atoms with Crippen molar-refractivity contribution in [3.8, 4) is 12.1 Å². The maximum atomic E-state index is 13.1. The number of nitrogens with zero attached hydrogens (tertiary/aromatic N) is 2. The maximum Gasteiger partial charge on any atom is 0.330 e. The number of thioether (sulfide) groups is 1. The minimum Gasteiger partial charge on any atom is -0.468 e. The minimum absolute atomic E-state index is 0.0984. The van der Waals surface area contributed by atoms with Gasteiger partial charge in [-0.15, -0.1) is 11.8 Å². The molecule has 0 N–H and O–H groups in total. The molecule has 6 nitrogen and oxygen atoms in total. The molecule has 0 unspecified atom stereocenters. The van der Waals surface area contributed by atoms with Crippen molar-refractivity contribution in [1.82, 2.24) is 0 Å². The lowest BCUT2D eigenvalue weighted by Crippen LogP contribution is -2.68. The van der Waals surface area contributed by atoms with Gasteiger partial charge in [0, 0.05) is 5.75 Å². The summed E-state index contributed by atoms with van der Waals surface area (Å²) in [7, 11) is 2.43. The average Bonchev–Trinajstić information content (AvgIpc) is 2.97. The molecule has 0 aromatic carbocycles. The zero-order valence-electron chi connectivity index (χ0n) is 15.0. The summed E-state index contributed by atoms with van der Waals surface area (Å²) in [5.41, 5.74) is -3.66. The SMILES string of the molecule is COC(=O)[C@@]1(C#N)CSC2(C3CC4CC(C3)CC2C4)[C@@]1(C#N)C(=O)OC. The molecule has 7 heteroatoms. The van der Waals surface area contributed by atoms with E-state index in [1.165, 1.54) is 32.4 Å². The normalized spacial score (nSPS) is 48.0. The van der Waals surface area contributed by atoms with Crippen molar-refractivity contribution in [1.29, 1.82) is 10.5 Å². The Morgan fingerprint density at radius 3 is 1.88 bits per heavy atom. The van der Waals surface area contributed by atoms with Crippen LogP contribution in [-0.2, 0) is 19.1 Å². The maximum absolute atomic E-state index is 13.1. The molecular formula is C19H22N2O4S. The van der Waals surface area contributed by atoms with Crippen LogP contribution in [0.3, 0.4) is 0 Å². The molecule has 4 aliphatic carbocycles. The smallest absolute Gasteiger partial charge is 0.330 e. The van der Waals surface area contributed by atoms with Crippen LogP contribution in [0.1, 0.15) is 32.1 Å². The Labute approximate surface area is 157 Å². The van der Waals surface area contributed by atoms with Crippen LogP contribution in [0, 0.1) is 57.2 Å². The van der Waals surface area contributed by atoms with Gasteiger partial charge in [0.2, 0.25) is 0 Å². The predicted octanol–water partition coefficient (Wildman–Crippen LogP) is 2.29. The first-order chi connectivity index (χ1) is 12.5. The molecule has 5 fully saturated rings. The molecule has 26 heavy (non-hydrogen) atoms. The summed E-state index contributed by atoms with van der Waals surface area (Å²) in [6.45, 7) is 0. The zero-order valence-corrected chi connectivity index (χ0v) is 15.8. The minimum atomic E-state index is -1.83. The van der Waals surface area contributed by atoms with E-state index in [9.17, 15) is 20.1 Å². The third kappa shape index (κ3) is 1.69. The average molecular weight is 374 g/mol. The van der Waals surface area contributed by atoms with E-state index in [1.54, 1.807) is 0 Å². The molecule has 0 amide bonds. The van der Waals surface area contributed by atoms with Crippen LogP contribution < -0.4 is 0 Å². The third-order valence-electron chi connectivity index (χ3n) is 7.49. The Hall–Kier alpha value is -1.73. The summed E-state index contributed by atoms with van der Waals surface area (Å²) in [5, 5.41) is 20.4. The number of hydrogen-bond donors (Lipinski definition) is 0. The zero-order chi connectivity index (χ0) is 18.7. The molecule has 138 valence electrons. The van der Waals surface area contributed by atoms with Gasteiger partial charge in [0.15, 0.2) is 10.8 Å². The Bertz CT molecular complexity index is 726. The predicted molar refractivity (Wildman–Crippen MR) is 92.4 cm³/mol. The Balaban J connectivity index is 1.97. The van der Waals surface area contributed by atoms with Crippen LogP contribution in [0.25, 0.3) is 0 Å². The Kier molecular flexibility index (Phi) is 3.83. The highest BCUT2D eigenvalue weighted by atomic mass is 32.2. The second-order valence-electron chi connectivity index (χ2n) is 8.25. The lowest BCUT2D eigenvalue weighted by molar-refractivity contribution is -0.176. The summed E-state index contributed by atoms with van der Waals surface area (Å²) in [6.07, 6.45) is 5.07. The summed E-state index contributed by atoms with van der Waals surface area (Å²) < 4.78 is 9.27. The van der Waals surface area contributed by atoms with E-state index in [2.05, 4.69) is 6.07 Å². The number of rotatable bonds is 2. The van der Waals surface area contributed by atoms with E-state index in [0.717, 1.165) is 25.7 Å². The standard InChI is InChI=1S/C19H22N2O4S/c1-24-15(22)17(8-20)10-26-19(18(17,9-21)16(23)25-2)13-4-11-3-12(6-13)7-14(19)5-11/h11-14H,3-7,10H2,1-2H3/t11?,12?,13?,14?,17-,18+,19?/m1/s1. The Morgan fingerprint density at radius 2 is 1.46 bits per heavy atom. The van der Waals surface area contributed by atoms with Crippen molar-refractivity contribution < 1.29 is 19.1 Å². The van der Waals surface area contributed by atoms with Crippen LogP contribution >= 0.6 is 11.8 Å². The van der Waals surface area contributed by atoms with Crippen LogP contribution in [0.4, 0.5) is 0 Å². The molecule has 1 saturated heterocycles. The van der Waals surface area contributed by atoms with Crippen molar-refractivity contribution >= 4 is 23.7 Å². The molecular weight excluding hydrogens is 352 g/mol.